The summed E-state index contributed by atoms with van der Waals surface area (Å²) in [4.78, 5) is 0. The maximum atomic E-state index is 9.45. The van der Waals surface area contributed by atoms with Gasteiger partial charge in [0.05, 0.1) is 18.6 Å². The molecule has 3 heteroatoms. The van der Waals surface area contributed by atoms with Gasteiger partial charge < -0.3 is 9.84 Å². The molecular formula is C14H19NO2. The molecule has 0 heterocycles. The molecule has 0 saturated carbocycles. The number of rotatable bonds is 6. The van der Waals surface area contributed by atoms with E-state index in [1.165, 1.54) is 0 Å². The minimum Gasteiger partial charge on any atom is -0.497 e. The number of ether oxygens (including phenoxy) is 1. The highest BCUT2D eigenvalue weighted by Gasteiger charge is 2.31. The molecule has 0 saturated heterocycles. The molecule has 1 aromatic rings. The highest BCUT2D eigenvalue weighted by atomic mass is 16.5. The summed E-state index contributed by atoms with van der Waals surface area (Å²) in [5.41, 5.74) is 0.327. The first kappa shape index (κ1) is 13.5. The van der Waals surface area contributed by atoms with E-state index in [0.29, 0.717) is 6.42 Å². The van der Waals surface area contributed by atoms with E-state index in [1.54, 1.807) is 7.11 Å². The number of nitrogens with zero attached hydrogens (tertiary/aromatic N) is 1. The number of hydrogen-bond donors (Lipinski definition) is 1. The summed E-state index contributed by atoms with van der Waals surface area (Å²) in [6, 6.07) is 9.92. The Kier molecular flexibility index (Phi) is 4.99. The van der Waals surface area contributed by atoms with Crippen LogP contribution in [0.5, 0.6) is 5.75 Å². The fourth-order valence-electron chi connectivity index (χ4n) is 2.13. The monoisotopic (exact) mass is 233 g/mol. The van der Waals surface area contributed by atoms with Gasteiger partial charge in [-0.2, -0.15) is 5.26 Å². The number of benzene rings is 1. The zero-order valence-electron chi connectivity index (χ0n) is 10.4. The molecular weight excluding hydrogens is 214 g/mol. The molecule has 17 heavy (non-hydrogen) atoms. The zero-order chi connectivity index (χ0) is 12.7. The Labute approximate surface area is 103 Å². The van der Waals surface area contributed by atoms with Crippen molar-refractivity contribution in [3.8, 4) is 11.8 Å². The van der Waals surface area contributed by atoms with Crippen LogP contribution < -0.4 is 4.74 Å². The second-order valence-corrected chi connectivity index (χ2v) is 4.15. The summed E-state index contributed by atoms with van der Waals surface area (Å²) in [5, 5.41) is 18.6. The molecule has 0 aliphatic rings. The Morgan fingerprint density at radius 2 is 2.18 bits per heavy atom. The lowest BCUT2D eigenvalue weighted by molar-refractivity contribution is 0.252. The average Bonchev–Trinajstić information content (AvgIpc) is 2.38. The van der Waals surface area contributed by atoms with Crippen molar-refractivity contribution < 1.29 is 9.84 Å². The summed E-state index contributed by atoms with van der Waals surface area (Å²) in [7, 11) is 1.61. The van der Waals surface area contributed by atoms with Gasteiger partial charge >= 0.3 is 0 Å². The number of methoxy groups -OCH3 is 1. The zero-order valence-corrected chi connectivity index (χ0v) is 10.4. The number of aliphatic hydroxyl groups is 1. The van der Waals surface area contributed by atoms with Gasteiger partial charge in [0, 0.05) is 6.61 Å². The van der Waals surface area contributed by atoms with Gasteiger partial charge in [-0.25, -0.2) is 0 Å². The third-order valence-electron chi connectivity index (χ3n) is 3.05. The van der Waals surface area contributed by atoms with Gasteiger partial charge in [0.1, 0.15) is 5.75 Å². The molecule has 3 nitrogen and oxygen atoms in total. The Bertz CT molecular complexity index is 389. The predicted octanol–water partition coefficient (Wildman–Crippen LogP) is 2.64. The molecule has 0 amide bonds. The molecule has 1 aromatic carbocycles. The van der Waals surface area contributed by atoms with Gasteiger partial charge in [0.15, 0.2) is 0 Å². The lowest BCUT2D eigenvalue weighted by Gasteiger charge is -2.26. The molecule has 0 aromatic heterocycles. The maximum Gasteiger partial charge on any atom is 0.119 e. The van der Waals surface area contributed by atoms with Crippen molar-refractivity contribution in [1.29, 1.82) is 5.26 Å². The van der Waals surface area contributed by atoms with Crippen LogP contribution in [0.2, 0.25) is 0 Å². The topological polar surface area (TPSA) is 53.2 Å². The van der Waals surface area contributed by atoms with Crippen molar-refractivity contribution in [1.82, 2.24) is 0 Å². The Morgan fingerprint density at radius 1 is 1.41 bits per heavy atom. The average molecular weight is 233 g/mol. The number of nitriles is 1. The van der Waals surface area contributed by atoms with E-state index in [4.69, 9.17) is 9.84 Å². The van der Waals surface area contributed by atoms with Crippen molar-refractivity contribution in [2.45, 2.75) is 31.6 Å². The molecule has 0 unspecified atom stereocenters. The fourth-order valence-corrected chi connectivity index (χ4v) is 2.13. The Hall–Kier alpha value is -1.53. The second kappa shape index (κ2) is 6.27. The molecule has 1 rings (SSSR count). The Balaban J connectivity index is 3.15. The minimum absolute atomic E-state index is 0.0186. The van der Waals surface area contributed by atoms with Gasteiger partial charge in [-0.05, 0) is 30.5 Å². The van der Waals surface area contributed by atoms with Gasteiger partial charge in [0.2, 0.25) is 0 Å². The largest absolute Gasteiger partial charge is 0.497 e. The van der Waals surface area contributed by atoms with Crippen LogP contribution >= 0.6 is 0 Å². The van der Waals surface area contributed by atoms with Crippen LogP contribution in [0.4, 0.5) is 0 Å². The molecule has 0 aliphatic heterocycles. The smallest absolute Gasteiger partial charge is 0.119 e. The third-order valence-corrected chi connectivity index (χ3v) is 3.05. The van der Waals surface area contributed by atoms with E-state index in [-0.39, 0.29) is 6.61 Å². The molecule has 0 bridgehead atoms. The number of hydrogen-bond acceptors (Lipinski definition) is 3. The molecule has 1 atom stereocenters. The molecule has 0 fully saturated rings. The fraction of sp³-hybridized carbons (Fsp3) is 0.500. The highest BCUT2D eigenvalue weighted by Crippen LogP contribution is 2.34. The van der Waals surface area contributed by atoms with E-state index >= 15 is 0 Å². The van der Waals surface area contributed by atoms with E-state index in [2.05, 4.69) is 6.07 Å². The van der Waals surface area contributed by atoms with Crippen LogP contribution in [0, 0.1) is 11.3 Å². The molecule has 0 spiro atoms. The Morgan fingerprint density at radius 3 is 2.71 bits per heavy atom. The summed E-state index contributed by atoms with van der Waals surface area (Å²) in [6.07, 6.45) is 2.12. The standard InChI is InChI=1S/C14H19NO2/c1-3-7-14(11-15,8-9-16)12-5-4-6-13(10-12)17-2/h4-6,10,16H,3,7-9H2,1-2H3/t14-/m0/s1. The van der Waals surface area contributed by atoms with E-state index < -0.39 is 5.41 Å². The molecule has 1 N–H and O–H groups in total. The third kappa shape index (κ3) is 2.98. The second-order valence-electron chi connectivity index (χ2n) is 4.15. The summed E-state index contributed by atoms with van der Waals surface area (Å²) in [5.74, 6) is 0.746. The minimum atomic E-state index is -0.599. The molecule has 0 aliphatic carbocycles. The van der Waals surface area contributed by atoms with Crippen molar-refractivity contribution in [2.24, 2.45) is 0 Å². The van der Waals surface area contributed by atoms with Gasteiger partial charge in [-0.3, -0.25) is 0 Å². The van der Waals surface area contributed by atoms with Crippen LogP contribution in [-0.4, -0.2) is 18.8 Å². The SMILES string of the molecule is CCC[C@@](C#N)(CCO)c1cccc(OC)c1. The molecule has 92 valence electrons. The van der Waals surface area contributed by atoms with Crippen molar-refractivity contribution in [3.63, 3.8) is 0 Å². The first-order chi connectivity index (χ1) is 8.22. The van der Waals surface area contributed by atoms with E-state index in [0.717, 1.165) is 24.2 Å². The lowest BCUT2D eigenvalue weighted by Crippen LogP contribution is -2.25. The van der Waals surface area contributed by atoms with Crippen LogP contribution in [0.25, 0.3) is 0 Å². The highest BCUT2D eigenvalue weighted by molar-refractivity contribution is 5.38. The molecule has 0 radical (unpaired) electrons. The predicted molar refractivity (Wildman–Crippen MR) is 66.9 cm³/mol. The van der Waals surface area contributed by atoms with Gasteiger partial charge in [-0.15, -0.1) is 0 Å². The maximum absolute atomic E-state index is 9.45. The van der Waals surface area contributed by atoms with Gasteiger partial charge in [-0.1, -0.05) is 25.5 Å². The first-order valence-electron chi connectivity index (χ1n) is 5.89. The van der Waals surface area contributed by atoms with Crippen LogP contribution in [0.3, 0.4) is 0 Å². The van der Waals surface area contributed by atoms with E-state index in [1.807, 2.05) is 31.2 Å². The quantitative estimate of drug-likeness (QED) is 0.821. The normalized spacial score (nSPS) is 13.8. The van der Waals surface area contributed by atoms with Crippen LogP contribution in [0.1, 0.15) is 31.7 Å². The summed E-state index contributed by atoms with van der Waals surface area (Å²) in [6.45, 7) is 2.06. The van der Waals surface area contributed by atoms with Crippen molar-refractivity contribution in [3.05, 3.63) is 29.8 Å². The van der Waals surface area contributed by atoms with Crippen molar-refractivity contribution in [2.75, 3.05) is 13.7 Å². The summed E-state index contributed by atoms with van der Waals surface area (Å²) < 4.78 is 5.18. The first-order valence-corrected chi connectivity index (χ1v) is 5.89. The number of aliphatic hydroxyl groups excluding tert-OH is 1. The lowest BCUT2D eigenvalue weighted by atomic mass is 9.75. The summed E-state index contributed by atoms with van der Waals surface area (Å²) >= 11 is 0. The van der Waals surface area contributed by atoms with E-state index in [9.17, 15) is 5.26 Å². The van der Waals surface area contributed by atoms with Crippen LogP contribution in [0.15, 0.2) is 24.3 Å². The van der Waals surface area contributed by atoms with Gasteiger partial charge in [0.25, 0.3) is 0 Å². The van der Waals surface area contributed by atoms with Crippen molar-refractivity contribution >= 4 is 0 Å². The van der Waals surface area contributed by atoms with Crippen LogP contribution in [-0.2, 0) is 5.41 Å².